The molecular weight excluding hydrogens is 130 g/mol. The van der Waals surface area contributed by atoms with Crippen molar-refractivity contribution >= 4 is 11.8 Å². The minimum Gasteiger partial charge on any atom is -0.314 e. The van der Waals surface area contributed by atoms with Crippen molar-refractivity contribution in [1.29, 1.82) is 0 Å². The second kappa shape index (κ2) is 2.51. The van der Waals surface area contributed by atoms with Gasteiger partial charge in [-0.15, -0.1) is 0 Å². The highest BCUT2D eigenvalue weighted by Gasteiger charge is 2.25. The van der Waals surface area contributed by atoms with E-state index in [1.165, 1.54) is 30.9 Å². The van der Waals surface area contributed by atoms with Gasteiger partial charge >= 0.3 is 0 Å². The van der Waals surface area contributed by atoms with Crippen LogP contribution in [-0.4, -0.2) is 24.1 Å². The van der Waals surface area contributed by atoms with Crippen LogP contribution in [0.25, 0.3) is 0 Å². The van der Waals surface area contributed by atoms with Gasteiger partial charge in [0.25, 0.3) is 0 Å². The van der Waals surface area contributed by atoms with Gasteiger partial charge in [-0.25, -0.2) is 0 Å². The molecule has 2 heterocycles. The van der Waals surface area contributed by atoms with Crippen LogP contribution < -0.4 is 5.32 Å². The second-order valence-electron chi connectivity index (χ2n) is 3.07. The van der Waals surface area contributed by atoms with Gasteiger partial charge in [0, 0.05) is 6.04 Å². The highest BCUT2D eigenvalue weighted by Crippen LogP contribution is 2.26. The molecule has 2 atom stereocenters. The first-order valence-corrected chi connectivity index (χ1v) is 4.92. The molecule has 0 aromatic heterocycles. The molecule has 2 saturated heterocycles. The first-order valence-electron chi connectivity index (χ1n) is 3.76. The van der Waals surface area contributed by atoms with Gasteiger partial charge in [0.2, 0.25) is 0 Å². The number of rotatable bonds is 0. The van der Waals surface area contributed by atoms with Crippen molar-refractivity contribution in [1.82, 2.24) is 5.32 Å². The smallest absolute Gasteiger partial charge is 0.00784 e. The van der Waals surface area contributed by atoms with E-state index in [2.05, 4.69) is 17.1 Å². The lowest BCUT2D eigenvalue weighted by atomic mass is 10.1. The number of fused-ring (bicyclic) bond motifs is 2. The molecule has 0 spiro atoms. The van der Waals surface area contributed by atoms with Crippen LogP contribution in [0, 0.1) is 5.92 Å². The van der Waals surface area contributed by atoms with Crippen molar-refractivity contribution in [2.75, 3.05) is 18.1 Å². The Bertz CT molecular complexity index is 93.1. The molecule has 1 N–H and O–H groups in total. The van der Waals surface area contributed by atoms with E-state index in [-0.39, 0.29) is 0 Å². The standard InChI is InChI=1S/C7H13NS/c1-2-9-5-6-3-7(1)8-4-6/h6-8H,1-5H2. The first kappa shape index (κ1) is 6.05. The largest absolute Gasteiger partial charge is 0.314 e. The van der Waals surface area contributed by atoms with Crippen molar-refractivity contribution in [3.8, 4) is 0 Å². The Labute approximate surface area is 60.6 Å². The Morgan fingerprint density at radius 2 is 2.44 bits per heavy atom. The normalized spacial score (nSPS) is 42.7. The molecule has 0 saturated carbocycles. The maximum atomic E-state index is 3.55. The predicted molar refractivity (Wildman–Crippen MR) is 41.8 cm³/mol. The monoisotopic (exact) mass is 143 g/mol. The Kier molecular flexibility index (Phi) is 1.68. The molecule has 2 aliphatic heterocycles. The van der Waals surface area contributed by atoms with Crippen LogP contribution in [-0.2, 0) is 0 Å². The van der Waals surface area contributed by atoms with Gasteiger partial charge in [-0.1, -0.05) is 0 Å². The van der Waals surface area contributed by atoms with E-state index in [4.69, 9.17) is 0 Å². The number of hydrogen-bond acceptors (Lipinski definition) is 2. The molecule has 52 valence electrons. The lowest BCUT2D eigenvalue weighted by Crippen LogP contribution is -2.22. The van der Waals surface area contributed by atoms with Crippen LogP contribution in [0.5, 0.6) is 0 Å². The zero-order chi connectivity index (χ0) is 6.10. The van der Waals surface area contributed by atoms with Crippen molar-refractivity contribution < 1.29 is 0 Å². The first-order chi connectivity index (χ1) is 4.45. The van der Waals surface area contributed by atoms with E-state index in [0.717, 1.165) is 12.0 Å². The van der Waals surface area contributed by atoms with E-state index in [1.54, 1.807) is 0 Å². The maximum Gasteiger partial charge on any atom is 0.00784 e. The minimum atomic E-state index is 0.880. The molecule has 0 aromatic rings. The van der Waals surface area contributed by atoms with Gasteiger partial charge in [0.15, 0.2) is 0 Å². The Balaban J connectivity index is 1.99. The van der Waals surface area contributed by atoms with Gasteiger partial charge in [-0.05, 0) is 36.8 Å². The van der Waals surface area contributed by atoms with Gasteiger partial charge < -0.3 is 5.32 Å². The lowest BCUT2D eigenvalue weighted by Gasteiger charge is -2.07. The summed E-state index contributed by atoms with van der Waals surface area (Å²) in [7, 11) is 0. The molecule has 2 unspecified atom stereocenters. The molecule has 2 rings (SSSR count). The van der Waals surface area contributed by atoms with Crippen molar-refractivity contribution in [3.63, 3.8) is 0 Å². The van der Waals surface area contributed by atoms with Crippen LogP contribution in [0.4, 0.5) is 0 Å². The van der Waals surface area contributed by atoms with Crippen molar-refractivity contribution in [3.05, 3.63) is 0 Å². The molecule has 0 amide bonds. The van der Waals surface area contributed by atoms with E-state index < -0.39 is 0 Å². The van der Waals surface area contributed by atoms with Crippen LogP contribution in [0.1, 0.15) is 12.8 Å². The highest BCUT2D eigenvalue weighted by atomic mass is 32.2. The SMILES string of the molecule is C1CC2CC(CN2)CS1. The maximum absolute atomic E-state index is 3.55. The zero-order valence-corrected chi connectivity index (χ0v) is 6.41. The summed E-state index contributed by atoms with van der Waals surface area (Å²) >= 11 is 2.14. The Morgan fingerprint density at radius 3 is 3.44 bits per heavy atom. The zero-order valence-electron chi connectivity index (χ0n) is 5.60. The number of hydrogen-bond donors (Lipinski definition) is 1. The fraction of sp³-hybridized carbons (Fsp3) is 1.00. The van der Waals surface area contributed by atoms with E-state index >= 15 is 0 Å². The summed E-state index contributed by atoms with van der Waals surface area (Å²) in [5, 5.41) is 3.55. The molecular formula is C7H13NS. The molecule has 0 radical (unpaired) electrons. The Hall–Kier alpha value is 0.310. The predicted octanol–water partition coefficient (Wildman–Crippen LogP) is 1.10. The molecule has 0 aromatic carbocycles. The summed E-state index contributed by atoms with van der Waals surface area (Å²) in [5.41, 5.74) is 0. The van der Waals surface area contributed by atoms with Gasteiger partial charge in [0.05, 0.1) is 0 Å². The summed E-state index contributed by atoms with van der Waals surface area (Å²) in [6.45, 7) is 1.29. The van der Waals surface area contributed by atoms with E-state index in [9.17, 15) is 0 Å². The number of nitrogens with one attached hydrogen (secondary N) is 1. The Morgan fingerprint density at radius 1 is 1.44 bits per heavy atom. The van der Waals surface area contributed by atoms with Crippen LogP contribution in [0.15, 0.2) is 0 Å². The second-order valence-corrected chi connectivity index (χ2v) is 4.22. The molecule has 1 nitrogen and oxygen atoms in total. The fourth-order valence-electron chi connectivity index (χ4n) is 1.72. The highest BCUT2D eigenvalue weighted by molar-refractivity contribution is 7.99. The summed E-state index contributed by atoms with van der Waals surface area (Å²) in [4.78, 5) is 0. The number of thioether (sulfide) groups is 1. The van der Waals surface area contributed by atoms with Gasteiger partial charge in [-0.3, -0.25) is 0 Å². The van der Waals surface area contributed by atoms with Crippen molar-refractivity contribution in [2.24, 2.45) is 5.92 Å². The van der Waals surface area contributed by atoms with Gasteiger partial charge in [-0.2, -0.15) is 11.8 Å². The molecule has 2 aliphatic rings. The third-order valence-electron chi connectivity index (χ3n) is 2.28. The van der Waals surface area contributed by atoms with Gasteiger partial charge in [0.1, 0.15) is 0 Å². The third-order valence-corrected chi connectivity index (χ3v) is 3.51. The van der Waals surface area contributed by atoms with Crippen LogP contribution in [0.3, 0.4) is 0 Å². The summed E-state index contributed by atoms with van der Waals surface area (Å²) in [6.07, 6.45) is 2.86. The van der Waals surface area contributed by atoms with Crippen molar-refractivity contribution in [2.45, 2.75) is 18.9 Å². The molecule has 2 bridgehead atoms. The van der Waals surface area contributed by atoms with E-state index in [1.807, 2.05) is 0 Å². The molecule has 2 fully saturated rings. The lowest BCUT2D eigenvalue weighted by molar-refractivity contribution is 0.583. The molecule has 2 heteroatoms. The topological polar surface area (TPSA) is 12.0 Å². The fourth-order valence-corrected chi connectivity index (χ4v) is 2.93. The average molecular weight is 143 g/mol. The molecule has 9 heavy (non-hydrogen) atoms. The summed E-state index contributed by atoms with van der Waals surface area (Å²) in [5.74, 6) is 3.79. The summed E-state index contributed by atoms with van der Waals surface area (Å²) < 4.78 is 0. The minimum absolute atomic E-state index is 0.880. The average Bonchev–Trinajstić information content (AvgIpc) is 2.09. The van der Waals surface area contributed by atoms with Crippen LogP contribution >= 0.6 is 11.8 Å². The summed E-state index contributed by atoms with van der Waals surface area (Å²) in [6, 6.07) is 0.880. The molecule has 0 aliphatic carbocycles. The van der Waals surface area contributed by atoms with E-state index in [0.29, 0.717) is 0 Å². The van der Waals surface area contributed by atoms with Crippen LogP contribution in [0.2, 0.25) is 0 Å². The third kappa shape index (κ3) is 1.24. The quantitative estimate of drug-likeness (QED) is 0.545.